The van der Waals surface area contributed by atoms with Crippen LogP contribution in [0, 0.1) is 6.92 Å². The van der Waals surface area contributed by atoms with Crippen molar-refractivity contribution in [2.24, 2.45) is 7.05 Å². The zero-order valence-electron chi connectivity index (χ0n) is 17.6. The van der Waals surface area contributed by atoms with Crippen LogP contribution >= 0.6 is 23.6 Å². The molecule has 0 radical (unpaired) electrons. The largest absolute Gasteiger partial charge is 0.462 e. The van der Waals surface area contributed by atoms with Crippen molar-refractivity contribution < 1.29 is 9.53 Å². The lowest BCUT2D eigenvalue weighted by molar-refractivity contribution is 0.0528. The second kappa shape index (κ2) is 9.86. The van der Waals surface area contributed by atoms with Gasteiger partial charge in [0.25, 0.3) is 0 Å². The molecule has 2 heterocycles. The Labute approximate surface area is 186 Å². The van der Waals surface area contributed by atoms with Gasteiger partial charge in [0, 0.05) is 29.6 Å². The Morgan fingerprint density at radius 1 is 1.33 bits per heavy atom. The lowest BCUT2D eigenvalue weighted by Crippen LogP contribution is -2.31. The van der Waals surface area contributed by atoms with Gasteiger partial charge in [-0.05, 0) is 44.6 Å². The zero-order chi connectivity index (χ0) is 21.7. The third-order valence-electron chi connectivity index (χ3n) is 4.81. The highest BCUT2D eigenvalue weighted by atomic mass is 32.1. The van der Waals surface area contributed by atoms with E-state index in [1.54, 1.807) is 6.92 Å². The second-order valence-corrected chi connectivity index (χ2v) is 8.51. The van der Waals surface area contributed by atoms with Crippen LogP contribution in [-0.2, 0) is 18.2 Å². The summed E-state index contributed by atoms with van der Waals surface area (Å²) in [5, 5.41) is 11.9. The Hall–Kier alpha value is -2.71. The summed E-state index contributed by atoms with van der Waals surface area (Å²) in [7, 11) is 1.91. The molecule has 0 bridgehead atoms. The van der Waals surface area contributed by atoms with Gasteiger partial charge in [0.05, 0.1) is 24.4 Å². The van der Waals surface area contributed by atoms with E-state index in [-0.39, 0.29) is 12.0 Å². The minimum atomic E-state index is -0.352. The van der Waals surface area contributed by atoms with Gasteiger partial charge in [-0.2, -0.15) is 5.10 Å². The van der Waals surface area contributed by atoms with Crippen LogP contribution in [0.4, 0.5) is 5.00 Å². The molecule has 3 aromatic rings. The van der Waals surface area contributed by atoms with E-state index in [0.29, 0.717) is 22.3 Å². The molecule has 0 aliphatic carbocycles. The predicted octanol–water partition coefficient (Wildman–Crippen LogP) is 4.61. The van der Waals surface area contributed by atoms with E-state index in [2.05, 4.69) is 27.9 Å². The normalized spacial score (nSPS) is 11.7. The minimum absolute atomic E-state index is 0.0199. The molecule has 0 fully saturated rings. The van der Waals surface area contributed by atoms with Crippen molar-refractivity contribution in [2.75, 3.05) is 11.9 Å². The SMILES string of the molecule is CCOC(=O)c1cc(Cc2ccccc2)sc1NC(=S)NC(C)c1cnn(C)c1C. The molecule has 0 aliphatic rings. The van der Waals surface area contributed by atoms with Gasteiger partial charge in [0.15, 0.2) is 5.11 Å². The molecular formula is C22H26N4O2S2. The molecule has 2 aromatic heterocycles. The number of rotatable bonds is 7. The Morgan fingerprint density at radius 2 is 2.07 bits per heavy atom. The van der Waals surface area contributed by atoms with E-state index in [1.165, 1.54) is 16.9 Å². The zero-order valence-corrected chi connectivity index (χ0v) is 19.2. The van der Waals surface area contributed by atoms with Crippen molar-refractivity contribution in [1.82, 2.24) is 15.1 Å². The molecule has 158 valence electrons. The Kier molecular flexibility index (Phi) is 7.23. The molecular weight excluding hydrogens is 416 g/mol. The van der Waals surface area contributed by atoms with Crippen molar-refractivity contribution in [3.63, 3.8) is 0 Å². The first-order valence-electron chi connectivity index (χ1n) is 9.78. The fourth-order valence-electron chi connectivity index (χ4n) is 3.13. The van der Waals surface area contributed by atoms with E-state index in [1.807, 2.05) is 56.0 Å². The van der Waals surface area contributed by atoms with Gasteiger partial charge in [-0.25, -0.2) is 4.79 Å². The Bertz CT molecular complexity index is 1030. The summed E-state index contributed by atoms with van der Waals surface area (Å²) >= 11 is 7.03. The minimum Gasteiger partial charge on any atom is -0.462 e. The molecule has 2 N–H and O–H groups in total. The van der Waals surface area contributed by atoms with Gasteiger partial charge in [-0.3, -0.25) is 4.68 Å². The van der Waals surface area contributed by atoms with E-state index < -0.39 is 0 Å². The number of thiophene rings is 1. The van der Waals surface area contributed by atoms with Crippen LogP contribution in [0.25, 0.3) is 0 Å². The molecule has 0 aliphatic heterocycles. The van der Waals surface area contributed by atoms with Crippen LogP contribution in [0.2, 0.25) is 0 Å². The first-order valence-corrected chi connectivity index (χ1v) is 11.0. The highest BCUT2D eigenvalue weighted by Gasteiger charge is 2.20. The number of carbonyl (C=O) groups excluding carboxylic acids is 1. The molecule has 0 saturated carbocycles. The van der Waals surface area contributed by atoms with E-state index in [9.17, 15) is 4.79 Å². The number of ether oxygens (including phenoxy) is 1. The van der Waals surface area contributed by atoms with E-state index in [0.717, 1.165) is 22.6 Å². The maximum atomic E-state index is 12.5. The third-order valence-corrected chi connectivity index (χ3v) is 6.08. The molecule has 0 amide bonds. The number of hydrogen-bond acceptors (Lipinski definition) is 5. The van der Waals surface area contributed by atoms with Crippen molar-refractivity contribution in [2.45, 2.75) is 33.2 Å². The number of benzene rings is 1. The average molecular weight is 443 g/mol. The molecule has 30 heavy (non-hydrogen) atoms. The Balaban J connectivity index is 1.76. The molecule has 0 spiro atoms. The Morgan fingerprint density at radius 3 is 2.70 bits per heavy atom. The smallest absolute Gasteiger partial charge is 0.341 e. The summed E-state index contributed by atoms with van der Waals surface area (Å²) in [4.78, 5) is 13.5. The number of hydrogen-bond donors (Lipinski definition) is 2. The molecule has 3 rings (SSSR count). The summed E-state index contributed by atoms with van der Waals surface area (Å²) < 4.78 is 7.07. The third kappa shape index (κ3) is 5.25. The quantitative estimate of drug-likeness (QED) is 0.412. The van der Waals surface area contributed by atoms with Gasteiger partial charge in [0.1, 0.15) is 5.00 Å². The molecule has 1 unspecified atom stereocenters. The fourth-order valence-corrected chi connectivity index (χ4v) is 4.56. The van der Waals surface area contributed by atoms with Gasteiger partial charge in [0.2, 0.25) is 0 Å². The van der Waals surface area contributed by atoms with E-state index >= 15 is 0 Å². The molecule has 1 atom stereocenters. The molecule has 8 heteroatoms. The standard InChI is InChI=1S/C22H26N4O2S2/c1-5-28-21(27)18-12-17(11-16-9-7-6-8-10-16)30-20(18)25-22(29)24-14(2)19-13-23-26(4)15(19)3/h6-10,12-14H,5,11H2,1-4H3,(H2,24,25,29). The summed E-state index contributed by atoms with van der Waals surface area (Å²) in [6.07, 6.45) is 2.58. The number of aromatic nitrogens is 2. The van der Waals surface area contributed by atoms with Gasteiger partial charge >= 0.3 is 5.97 Å². The van der Waals surface area contributed by atoms with Crippen molar-refractivity contribution >= 4 is 39.6 Å². The maximum absolute atomic E-state index is 12.5. The highest BCUT2D eigenvalue weighted by Crippen LogP contribution is 2.31. The molecule has 6 nitrogen and oxygen atoms in total. The van der Waals surface area contributed by atoms with Crippen LogP contribution in [0.1, 0.15) is 51.9 Å². The number of aryl methyl sites for hydroxylation is 1. The number of nitrogens with zero attached hydrogens (tertiary/aromatic N) is 2. The number of esters is 1. The van der Waals surface area contributed by atoms with Crippen LogP contribution < -0.4 is 10.6 Å². The molecule has 0 saturated heterocycles. The topological polar surface area (TPSA) is 68.2 Å². The maximum Gasteiger partial charge on any atom is 0.341 e. The summed E-state index contributed by atoms with van der Waals surface area (Å²) in [5.74, 6) is -0.352. The molecule has 1 aromatic carbocycles. The second-order valence-electron chi connectivity index (χ2n) is 6.97. The van der Waals surface area contributed by atoms with Crippen LogP contribution in [0.3, 0.4) is 0 Å². The van der Waals surface area contributed by atoms with Gasteiger partial charge < -0.3 is 15.4 Å². The van der Waals surface area contributed by atoms with Crippen LogP contribution in [0.5, 0.6) is 0 Å². The van der Waals surface area contributed by atoms with Gasteiger partial charge in [-0.15, -0.1) is 11.3 Å². The van der Waals surface area contributed by atoms with Crippen molar-refractivity contribution in [3.05, 3.63) is 69.9 Å². The number of thiocarbonyl (C=S) groups is 1. The predicted molar refractivity (Wildman–Crippen MR) is 125 cm³/mol. The summed E-state index contributed by atoms with van der Waals surface area (Å²) in [6, 6.07) is 12.0. The lowest BCUT2D eigenvalue weighted by Gasteiger charge is -2.17. The first kappa shape index (κ1) is 22.0. The number of carbonyl (C=O) groups is 1. The summed E-state index contributed by atoms with van der Waals surface area (Å²) in [6.45, 7) is 6.17. The van der Waals surface area contributed by atoms with Crippen molar-refractivity contribution in [1.29, 1.82) is 0 Å². The lowest BCUT2D eigenvalue weighted by atomic mass is 10.1. The highest BCUT2D eigenvalue weighted by molar-refractivity contribution is 7.80. The first-order chi connectivity index (χ1) is 14.4. The average Bonchev–Trinajstić information content (AvgIpc) is 3.26. The summed E-state index contributed by atoms with van der Waals surface area (Å²) in [5.41, 5.74) is 3.83. The van der Waals surface area contributed by atoms with Crippen molar-refractivity contribution in [3.8, 4) is 0 Å². The van der Waals surface area contributed by atoms with Gasteiger partial charge in [-0.1, -0.05) is 30.3 Å². The number of anilines is 1. The monoisotopic (exact) mass is 442 g/mol. The number of nitrogens with one attached hydrogen (secondary N) is 2. The fraction of sp³-hybridized carbons (Fsp3) is 0.318. The van der Waals surface area contributed by atoms with E-state index in [4.69, 9.17) is 17.0 Å². The van der Waals surface area contributed by atoms with Crippen LogP contribution in [0.15, 0.2) is 42.6 Å². The van der Waals surface area contributed by atoms with Crippen LogP contribution in [-0.4, -0.2) is 27.5 Å².